The lowest BCUT2D eigenvalue weighted by atomic mass is 10.2. The second kappa shape index (κ2) is 8.73. The van der Waals surface area contributed by atoms with E-state index in [1.54, 1.807) is 24.4 Å². The maximum Gasteiger partial charge on any atom is 0.356 e. The van der Waals surface area contributed by atoms with Crippen LogP contribution in [0, 0.1) is 0 Å². The number of nitrogens with zero attached hydrogens (tertiary/aromatic N) is 3. The fourth-order valence-corrected chi connectivity index (χ4v) is 3.91. The normalized spacial score (nSPS) is 14.7. The first-order chi connectivity index (χ1) is 14.6. The third-order valence-electron chi connectivity index (χ3n) is 5.14. The van der Waals surface area contributed by atoms with Crippen LogP contribution in [0.3, 0.4) is 0 Å². The zero-order valence-corrected chi connectivity index (χ0v) is 17.3. The Morgan fingerprint density at radius 1 is 1.17 bits per heavy atom. The van der Waals surface area contributed by atoms with Gasteiger partial charge in [0.25, 0.3) is 0 Å². The molecule has 1 aliphatic rings. The van der Waals surface area contributed by atoms with Crippen molar-refractivity contribution in [3.63, 3.8) is 0 Å². The number of esters is 1. The summed E-state index contributed by atoms with van der Waals surface area (Å²) in [5.74, 6) is 0.159. The summed E-state index contributed by atoms with van der Waals surface area (Å²) >= 11 is 6.33. The standard InChI is InChI=1S/C21H22ClN5O3/c1-30-21(29)20-19(18-14(22)5-4-6-15(18)24-20)25-17(28)13-26-9-11-27(12-10-26)16-7-2-3-8-23-16/h2-8,24H,9-13H2,1H3,(H,25,28). The number of aromatic nitrogens is 2. The molecule has 1 fully saturated rings. The zero-order valence-electron chi connectivity index (χ0n) is 16.5. The minimum atomic E-state index is -0.568. The Hall–Kier alpha value is -3.10. The number of ether oxygens (including phenoxy) is 1. The minimum Gasteiger partial charge on any atom is -0.464 e. The van der Waals surface area contributed by atoms with Gasteiger partial charge in [0.15, 0.2) is 0 Å². The van der Waals surface area contributed by atoms with Gasteiger partial charge in [0, 0.05) is 43.3 Å². The Labute approximate surface area is 178 Å². The van der Waals surface area contributed by atoms with Crippen LogP contribution in [0.4, 0.5) is 11.5 Å². The van der Waals surface area contributed by atoms with Crippen LogP contribution in [-0.2, 0) is 9.53 Å². The number of carbonyl (C=O) groups is 2. The minimum absolute atomic E-state index is 0.175. The van der Waals surface area contributed by atoms with Crippen molar-refractivity contribution < 1.29 is 14.3 Å². The number of pyridine rings is 1. The molecule has 1 saturated heterocycles. The molecule has 0 spiro atoms. The number of aromatic amines is 1. The second-order valence-corrected chi connectivity index (χ2v) is 7.44. The number of benzene rings is 1. The number of hydrogen-bond donors (Lipinski definition) is 2. The molecule has 2 aromatic heterocycles. The van der Waals surface area contributed by atoms with Gasteiger partial charge < -0.3 is 19.9 Å². The van der Waals surface area contributed by atoms with Crippen LogP contribution in [0.5, 0.6) is 0 Å². The number of carbonyl (C=O) groups excluding carboxylic acids is 2. The lowest BCUT2D eigenvalue weighted by molar-refractivity contribution is -0.117. The van der Waals surface area contributed by atoms with Crippen LogP contribution >= 0.6 is 11.6 Å². The highest BCUT2D eigenvalue weighted by atomic mass is 35.5. The molecule has 3 heterocycles. The first kappa shape index (κ1) is 20.2. The van der Waals surface area contributed by atoms with Gasteiger partial charge in [-0.15, -0.1) is 0 Å². The van der Waals surface area contributed by atoms with Crippen LogP contribution in [0.25, 0.3) is 10.9 Å². The van der Waals surface area contributed by atoms with Gasteiger partial charge in [0.05, 0.1) is 24.4 Å². The van der Waals surface area contributed by atoms with Crippen molar-refractivity contribution in [3.05, 3.63) is 53.3 Å². The molecule has 9 heteroatoms. The van der Waals surface area contributed by atoms with Crippen LogP contribution in [-0.4, -0.2) is 66.6 Å². The molecule has 156 valence electrons. The van der Waals surface area contributed by atoms with Crippen molar-refractivity contribution in [2.45, 2.75) is 0 Å². The van der Waals surface area contributed by atoms with Gasteiger partial charge in [-0.05, 0) is 24.3 Å². The highest BCUT2D eigenvalue weighted by molar-refractivity contribution is 6.37. The first-order valence-electron chi connectivity index (χ1n) is 9.63. The molecule has 0 atom stereocenters. The first-order valence-corrected chi connectivity index (χ1v) is 10.0. The smallest absolute Gasteiger partial charge is 0.356 e. The maximum atomic E-state index is 12.8. The molecule has 1 amide bonds. The summed E-state index contributed by atoms with van der Waals surface area (Å²) < 4.78 is 4.85. The van der Waals surface area contributed by atoms with Gasteiger partial charge in [-0.25, -0.2) is 9.78 Å². The van der Waals surface area contributed by atoms with E-state index in [-0.39, 0.29) is 18.1 Å². The number of methoxy groups -OCH3 is 1. The average Bonchev–Trinajstić information content (AvgIpc) is 3.14. The summed E-state index contributed by atoms with van der Waals surface area (Å²) in [6, 6.07) is 11.1. The highest BCUT2D eigenvalue weighted by Gasteiger charge is 2.24. The molecular formula is C21H22ClN5O3. The Morgan fingerprint density at radius 2 is 1.97 bits per heavy atom. The van der Waals surface area contributed by atoms with E-state index in [0.29, 0.717) is 21.6 Å². The van der Waals surface area contributed by atoms with Crippen LogP contribution < -0.4 is 10.2 Å². The third-order valence-corrected chi connectivity index (χ3v) is 5.45. The molecule has 0 unspecified atom stereocenters. The molecule has 0 radical (unpaired) electrons. The number of piperazine rings is 1. The van der Waals surface area contributed by atoms with Gasteiger partial charge in [0.2, 0.25) is 5.91 Å². The molecule has 4 rings (SSSR count). The van der Waals surface area contributed by atoms with Crippen molar-refractivity contribution in [1.82, 2.24) is 14.9 Å². The van der Waals surface area contributed by atoms with Gasteiger partial charge in [0.1, 0.15) is 11.5 Å². The highest BCUT2D eigenvalue weighted by Crippen LogP contribution is 2.34. The van der Waals surface area contributed by atoms with Gasteiger partial charge in [-0.1, -0.05) is 23.7 Å². The van der Waals surface area contributed by atoms with Crippen molar-refractivity contribution in [3.8, 4) is 0 Å². The predicted octanol–water partition coefficient (Wildman–Crippen LogP) is 2.76. The average molecular weight is 428 g/mol. The lowest BCUT2D eigenvalue weighted by Gasteiger charge is -2.34. The molecule has 30 heavy (non-hydrogen) atoms. The number of nitrogens with one attached hydrogen (secondary N) is 2. The van der Waals surface area contributed by atoms with Crippen LogP contribution in [0.2, 0.25) is 5.02 Å². The molecular weight excluding hydrogens is 406 g/mol. The monoisotopic (exact) mass is 427 g/mol. The van der Waals surface area contributed by atoms with E-state index < -0.39 is 5.97 Å². The summed E-state index contributed by atoms with van der Waals surface area (Å²) in [6.07, 6.45) is 1.78. The molecule has 0 aliphatic carbocycles. The molecule has 0 bridgehead atoms. The molecule has 1 aliphatic heterocycles. The van der Waals surface area contributed by atoms with Gasteiger partial charge in [-0.3, -0.25) is 9.69 Å². The topological polar surface area (TPSA) is 90.6 Å². The van der Waals surface area contributed by atoms with Crippen molar-refractivity contribution >= 4 is 45.9 Å². The van der Waals surface area contributed by atoms with E-state index in [1.807, 2.05) is 18.2 Å². The predicted molar refractivity (Wildman–Crippen MR) is 116 cm³/mol. The van der Waals surface area contributed by atoms with E-state index in [9.17, 15) is 9.59 Å². The SMILES string of the molecule is COC(=O)c1[nH]c2cccc(Cl)c2c1NC(=O)CN1CCN(c2ccccn2)CC1. The van der Waals surface area contributed by atoms with E-state index in [1.165, 1.54) is 7.11 Å². The third kappa shape index (κ3) is 4.10. The molecule has 0 saturated carbocycles. The number of hydrogen-bond acceptors (Lipinski definition) is 6. The molecule has 2 N–H and O–H groups in total. The van der Waals surface area contributed by atoms with Crippen molar-refractivity contribution in [1.29, 1.82) is 0 Å². The molecule has 3 aromatic rings. The summed E-state index contributed by atoms with van der Waals surface area (Å²) in [5.41, 5.74) is 1.18. The summed E-state index contributed by atoms with van der Waals surface area (Å²) in [6.45, 7) is 3.27. The number of anilines is 2. The Balaban J connectivity index is 1.45. The second-order valence-electron chi connectivity index (χ2n) is 7.03. The number of halogens is 1. The number of amides is 1. The van der Waals surface area contributed by atoms with E-state index >= 15 is 0 Å². The summed E-state index contributed by atoms with van der Waals surface area (Å²) in [7, 11) is 1.29. The molecule has 1 aromatic carbocycles. The van der Waals surface area contributed by atoms with Crippen LogP contribution in [0.15, 0.2) is 42.6 Å². The van der Waals surface area contributed by atoms with Gasteiger partial charge >= 0.3 is 5.97 Å². The lowest BCUT2D eigenvalue weighted by Crippen LogP contribution is -2.48. The van der Waals surface area contributed by atoms with Crippen molar-refractivity contribution in [2.24, 2.45) is 0 Å². The Morgan fingerprint density at radius 3 is 2.67 bits per heavy atom. The fraction of sp³-hybridized carbons (Fsp3) is 0.286. The zero-order chi connectivity index (χ0) is 21.1. The van der Waals surface area contributed by atoms with E-state index in [4.69, 9.17) is 16.3 Å². The summed E-state index contributed by atoms with van der Waals surface area (Å²) in [4.78, 5) is 36.6. The van der Waals surface area contributed by atoms with Crippen LogP contribution in [0.1, 0.15) is 10.5 Å². The van der Waals surface area contributed by atoms with Gasteiger partial charge in [-0.2, -0.15) is 0 Å². The molecule has 8 nitrogen and oxygen atoms in total. The summed E-state index contributed by atoms with van der Waals surface area (Å²) in [5, 5.41) is 3.89. The maximum absolute atomic E-state index is 12.8. The largest absolute Gasteiger partial charge is 0.464 e. The fourth-order valence-electron chi connectivity index (χ4n) is 3.64. The van der Waals surface area contributed by atoms with Crippen molar-refractivity contribution in [2.75, 3.05) is 50.1 Å². The van der Waals surface area contributed by atoms with E-state index in [0.717, 1.165) is 32.0 Å². The van der Waals surface area contributed by atoms with E-state index in [2.05, 4.69) is 25.1 Å². The number of fused-ring (bicyclic) bond motifs is 1. The number of rotatable bonds is 5. The Bertz CT molecular complexity index is 1060. The Kier molecular flexibility index (Phi) is 5.87. The quantitative estimate of drug-likeness (QED) is 0.608. The number of H-pyrrole nitrogens is 1.